The van der Waals surface area contributed by atoms with Crippen LogP contribution in [0.5, 0.6) is 0 Å². The van der Waals surface area contributed by atoms with Gasteiger partial charge in [-0.3, -0.25) is 0 Å². The van der Waals surface area contributed by atoms with Crippen molar-refractivity contribution in [3.8, 4) is 0 Å². The molecule has 0 atom stereocenters. The third-order valence-electron chi connectivity index (χ3n) is 1.96. The quantitative estimate of drug-likeness (QED) is 0.611. The van der Waals surface area contributed by atoms with E-state index in [-0.39, 0.29) is 5.75 Å². The smallest absolute Gasteiger partial charge is 0.233 e. The fraction of sp³-hybridized carbons (Fsp3) is 0.625. The SMILES string of the molecule is C[Si](C)(C)CCS(=O)(=O)n1cnc(I)c1. The average molecular weight is 358 g/mol. The van der Waals surface area contributed by atoms with Gasteiger partial charge < -0.3 is 0 Å². The van der Waals surface area contributed by atoms with Gasteiger partial charge in [-0.1, -0.05) is 19.6 Å². The minimum Gasteiger partial charge on any atom is -0.233 e. The highest BCUT2D eigenvalue weighted by molar-refractivity contribution is 14.1. The van der Waals surface area contributed by atoms with Gasteiger partial charge in [-0.2, -0.15) is 0 Å². The second-order valence-corrected chi connectivity index (χ2v) is 13.4. The summed E-state index contributed by atoms with van der Waals surface area (Å²) in [5.74, 6) is 0.217. The first kappa shape index (κ1) is 13.2. The van der Waals surface area contributed by atoms with Crippen molar-refractivity contribution in [2.45, 2.75) is 25.7 Å². The molecular weight excluding hydrogens is 343 g/mol. The van der Waals surface area contributed by atoms with Gasteiger partial charge in [-0.25, -0.2) is 17.4 Å². The Kier molecular flexibility index (Phi) is 3.99. The van der Waals surface area contributed by atoms with Crippen molar-refractivity contribution in [2.75, 3.05) is 5.75 Å². The van der Waals surface area contributed by atoms with E-state index in [1.165, 1.54) is 10.3 Å². The Morgan fingerprint density at radius 2 is 2.07 bits per heavy atom. The van der Waals surface area contributed by atoms with Crippen LogP contribution in [0.1, 0.15) is 0 Å². The molecule has 4 nitrogen and oxygen atoms in total. The molecule has 1 heterocycles. The molecule has 0 saturated carbocycles. The predicted octanol–water partition coefficient (Wildman–Crippen LogP) is 2.00. The Morgan fingerprint density at radius 1 is 1.47 bits per heavy atom. The molecule has 0 amide bonds. The molecule has 0 spiro atoms. The first-order valence-electron chi connectivity index (χ1n) is 4.63. The van der Waals surface area contributed by atoms with Crippen LogP contribution < -0.4 is 0 Å². The van der Waals surface area contributed by atoms with Crippen LogP contribution >= 0.6 is 22.6 Å². The van der Waals surface area contributed by atoms with Gasteiger partial charge in [0, 0.05) is 8.07 Å². The summed E-state index contributed by atoms with van der Waals surface area (Å²) in [4.78, 5) is 3.91. The van der Waals surface area contributed by atoms with Crippen molar-refractivity contribution in [3.63, 3.8) is 0 Å². The molecule has 0 bridgehead atoms. The van der Waals surface area contributed by atoms with Crippen LogP contribution in [0.2, 0.25) is 25.7 Å². The zero-order chi connectivity index (χ0) is 11.7. The van der Waals surface area contributed by atoms with Gasteiger partial charge in [0.15, 0.2) is 0 Å². The van der Waals surface area contributed by atoms with E-state index in [2.05, 4.69) is 24.6 Å². The summed E-state index contributed by atoms with van der Waals surface area (Å²) in [7, 11) is -4.50. The number of hydrogen-bond acceptors (Lipinski definition) is 3. The molecule has 86 valence electrons. The molecular formula is C8H15IN2O2SSi. The van der Waals surface area contributed by atoms with E-state index in [4.69, 9.17) is 0 Å². The summed E-state index contributed by atoms with van der Waals surface area (Å²) < 4.78 is 25.6. The molecule has 0 aliphatic rings. The van der Waals surface area contributed by atoms with Crippen LogP contribution in [0.3, 0.4) is 0 Å². The number of nitrogens with zero attached hydrogens (tertiary/aromatic N) is 2. The molecule has 0 aliphatic carbocycles. The van der Waals surface area contributed by atoms with E-state index in [0.29, 0.717) is 3.70 Å². The van der Waals surface area contributed by atoms with Gasteiger partial charge in [-0.15, -0.1) is 0 Å². The fourth-order valence-corrected chi connectivity index (χ4v) is 5.73. The first-order valence-corrected chi connectivity index (χ1v) is 11.0. The van der Waals surface area contributed by atoms with Crippen molar-refractivity contribution in [3.05, 3.63) is 16.2 Å². The van der Waals surface area contributed by atoms with Gasteiger partial charge in [0.2, 0.25) is 10.0 Å². The lowest BCUT2D eigenvalue weighted by Gasteiger charge is -2.15. The third kappa shape index (κ3) is 4.23. The summed E-state index contributed by atoms with van der Waals surface area (Å²) in [5.41, 5.74) is 0. The van der Waals surface area contributed by atoms with E-state index >= 15 is 0 Å². The summed E-state index contributed by atoms with van der Waals surface area (Å²) in [5, 5.41) is 0. The molecule has 15 heavy (non-hydrogen) atoms. The normalized spacial score (nSPS) is 13.1. The Bertz CT molecular complexity index is 436. The zero-order valence-corrected chi connectivity index (χ0v) is 13.0. The number of imidazole rings is 1. The van der Waals surface area contributed by atoms with Crippen molar-refractivity contribution >= 4 is 40.7 Å². The van der Waals surface area contributed by atoms with Crippen LogP contribution in [-0.2, 0) is 10.0 Å². The predicted molar refractivity (Wildman–Crippen MR) is 72.3 cm³/mol. The van der Waals surface area contributed by atoms with Crippen LogP contribution in [0.4, 0.5) is 0 Å². The molecule has 7 heteroatoms. The lowest BCUT2D eigenvalue weighted by Crippen LogP contribution is -2.26. The molecule has 0 radical (unpaired) electrons. The highest BCUT2D eigenvalue weighted by Crippen LogP contribution is 2.12. The second kappa shape index (κ2) is 4.54. The molecule has 0 unspecified atom stereocenters. The van der Waals surface area contributed by atoms with E-state index < -0.39 is 18.1 Å². The maximum Gasteiger partial charge on any atom is 0.239 e. The van der Waals surface area contributed by atoms with Crippen molar-refractivity contribution in [1.82, 2.24) is 8.96 Å². The van der Waals surface area contributed by atoms with Gasteiger partial charge in [0.05, 0.1) is 11.9 Å². The third-order valence-corrected chi connectivity index (χ3v) is 6.19. The van der Waals surface area contributed by atoms with Gasteiger partial charge in [0.1, 0.15) is 10.0 Å². The minimum atomic E-state index is -3.19. The average Bonchev–Trinajstić information content (AvgIpc) is 2.48. The zero-order valence-electron chi connectivity index (χ0n) is 9.07. The summed E-state index contributed by atoms with van der Waals surface area (Å²) in [6.45, 7) is 6.50. The maximum absolute atomic E-state index is 11.8. The standard InChI is InChI=1S/C8H15IN2O2SSi/c1-15(2,3)5-4-14(12,13)11-6-8(9)10-7-11/h6-7H,4-5H2,1-3H3. The molecule has 0 fully saturated rings. The van der Waals surface area contributed by atoms with Gasteiger partial charge in [0.25, 0.3) is 0 Å². The van der Waals surface area contributed by atoms with E-state index in [1.54, 1.807) is 6.20 Å². The summed E-state index contributed by atoms with van der Waals surface area (Å²) in [6, 6.07) is 0.782. The molecule has 1 rings (SSSR count). The fourth-order valence-electron chi connectivity index (χ4n) is 0.976. The van der Waals surface area contributed by atoms with Crippen LogP contribution in [0.25, 0.3) is 0 Å². The number of aromatic nitrogens is 2. The van der Waals surface area contributed by atoms with Crippen LogP contribution in [-0.4, -0.2) is 31.2 Å². The number of hydrogen-bond donors (Lipinski definition) is 0. The topological polar surface area (TPSA) is 52.0 Å². The van der Waals surface area contributed by atoms with Crippen LogP contribution in [0, 0.1) is 3.70 Å². The Balaban J connectivity index is 2.77. The number of rotatable bonds is 4. The Labute approximate surface area is 105 Å². The number of halogens is 1. The van der Waals surface area contributed by atoms with Crippen molar-refractivity contribution < 1.29 is 8.42 Å². The highest BCUT2D eigenvalue weighted by atomic mass is 127. The highest BCUT2D eigenvalue weighted by Gasteiger charge is 2.20. The Morgan fingerprint density at radius 3 is 2.47 bits per heavy atom. The lowest BCUT2D eigenvalue weighted by atomic mass is 10.9. The largest absolute Gasteiger partial charge is 0.239 e. The second-order valence-electron chi connectivity index (χ2n) is 4.65. The summed E-state index contributed by atoms with van der Waals surface area (Å²) >= 11 is 2.00. The Hall–Kier alpha value is 0.107. The van der Waals surface area contributed by atoms with Gasteiger partial charge >= 0.3 is 0 Å². The van der Waals surface area contributed by atoms with Crippen molar-refractivity contribution in [2.24, 2.45) is 0 Å². The monoisotopic (exact) mass is 358 g/mol. The molecule has 1 aromatic rings. The van der Waals surface area contributed by atoms with Gasteiger partial charge in [-0.05, 0) is 28.6 Å². The van der Waals surface area contributed by atoms with E-state index in [1.807, 2.05) is 22.6 Å². The molecule has 0 aliphatic heterocycles. The first-order chi connectivity index (χ1) is 6.71. The van der Waals surface area contributed by atoms with E-state index in [0.717, 1.165) is 6.04 Å². The van der Waals surface area contributed by atoms with E-state index in [9.17, 15) is 8.42 Å². The molecule has 1 aromatic heterocycles. The molecule has 0 aromatic carbocycles. The maximum atomic E-state index is 11.8. The van der Waals surface area contributed by atoms with Crippen LogP contribution in [0.15, 0.2) is 12.5 Å². The lowest BCUT2D eigenvalue weighted by molar-refractivity contribution is 0.588. The molecule has 0 saturated heterocycles. The summed E-state index contributed by atoms with van der Waals surface area (Å²) in [6.07, 6.45) is 2.90. The van der Waals surface area contributed by atoms with Crippen molar-refractivity contribution in [1.29, 1.82) is 0 Å². The minimum absolute atomic E-state index is 0.217. The molecule has 0 N–H and O–H groups in total.